The van der Waals surface area contributed by atoms with Gasteiger partial charge in [0.15, 0.2) is 0 Å². The molecule has 2 atom stereocenters. The van der Waals surface area contributed by atoms with Crippen LogP contribution in [0, 0.1) is 37.8 Å². The first-order valence-corrected chi connectivity index (χ1v) is 27.2. The first-order chi connectivity index (χ1) is 30.0. The Bertz CT molecular complexity index is 2370. The first kappa shape index (κ1) is 67.9. The van der Waals surface area contributed by atoms with Crippen LogP contribution >= 0.6 is 0 Å². The third kappa shape index (κ3) is 19.5. The number of hydrogen-bond acceptors (Lipinski definition) is 0. The van der Waals surface area contributed by atoms with Crippen molar-refractivity contribution in [3.05, 3.63) is 177 Å². The molecule has 6 aromatic carbocycles. The zero-order valence-corrected chi connectivity index (χ0v) is 53.7. The van der Waals surface area contributed by atoms with Gasteiger partial charge in [0.2, 0.25) is 0 Å². The minimum Gasteiger partial charge on any atom is -1.00 e. The first-order valence-electron chi connectivity index (χ1n) is 23.2. The van der Waals surface area contributed by atoms with Gasteiger partial charge in [0.25, 0.3) is 0 Å². The molecule has 6 radical (unpaired) electrons. The van der Waals surface area contributed by atoms with Crippen LogP contribution in [-0.2, 0) is 63.2 Å². The van der Waals surface area contributed by atoms with E-state index < -0.39 is 0 Å². The summed E-state index contributed by atoms with van der Waals surface area (Å²) in [5, 5.41) is 5.38. The van der Waals surface area contributed by atoms with Crippen molar-refractivity contribution in [2.45, 2.75) is 148 Å². The van der Waals surface area contributed by atoms with E-state index in [1.54, 1.807) is 0 Å². The summed E-state index contributed by atoms with van der Waals surface area (Å²) in [4.78, 5) is 0. The van der Waals surface area contributed by atoms with Crippen LogP contribution in [-0.4, -0.2) is 19.0 Å². The summed E-state index contributed by atoms with van der Waals surface area (Å²) < 4.78 is 0. The van der Waals surface area contributed by atoms with Gasteiger partial charge in [-0.15, -0.1) is 82.9 Å². The number of halogens is 2. The normalized spacial score (nSPS) is 14.8. The maximum atomic E-state index is 3.36. The predicted octanol–water partition coefficient (Wildman–Crippen LogP) is 12.7. The van der Waals surface area contributed by atoms with Crippen LogP contribution in [0.25, 0.3) is 43.8 Å². The fourth-order valence-electron chi connectivity index (χ4n) is 7.90. The van der Waals surface area contributed by atoms with Crippen molar-refractivity contribution in [1.29, 1.82) is 0 Å². The second kappa shape index (κ2) is 31.3. The molecule has 0 amide bonds. The molecule has 358 valence electrons. The Morgan fingerprint density at radius 3 is 0.941 bits per heavy atom. The summed E-state index contributed by atoms with van der Waals surface area (Å²) in [6, 6.07) is 40.2. The largest absolute Gasteiger partial charge is 3.00 e. The SMILES string of the molecule is CC1=[C-]C(C)C(C)=C1C.CC1=[C-]C(C)C(C)=C1C.C[Si]C.C[Si]C.Cc1cc2c(-c3ccc(C(C)(C)C)cc3)cccc2[cH-]1.Cc1cc2c(-c3ccc(C(C)(C)C)cc3)cccc2[cH-]1.[Cl-].[Cl-].[Zr+3].[Zr+3]. The molecular formula is C62H80Cl2Si2Zr2. The summed E-state index contributed by atoms with van der Waals surface area (Å²) in [7, 11) is 2.17. The quantitative estimate of drug-likeness (QED) is 0.120. The molecule has 6 heteroatoms. The van der Waals surface area contributed by atoms with E-state index in [4.69, 9.17) is 0 Å². The molecule has 0 aromatic heterocycles. The minimum atomic E-state index is 0. The van der Waals surface area contributed by atoms with Gasteiger partial charge in [-0.3, -0.25) is 12.2 Å². The van der Waals surface area contributed by atoms with Gasteiger partial charge in [-0.1, -0.05) is 207 Å². The molecule has 0 saturated heterocycles. The van der Waals surface area contributed by atoms with E-state index in [0.717, 1.165) is 19.0 Å². The fraction of sp³-hybridized carbons (Fsp3) is 0.387. The molecule has 0 nitrogen and oxygen atoms in total. The average Bonchev–Trinajstić information content (AvgIpc) is 3.94. The van der Waals surface area contributed by atoms with Crippen LogP contribution in [0.15, 0.2) is 143 Å². The molecule has 68 heavy (non-hydrogen) atoms. The molecule has 2 aliphatic rings. The van der Waals surface area contributed by atoms with Gasteiger partial charge in [0.05, 0.1) is 0 Å². The maximum absolute atomic E-state index is 3.36. The van der Waals surface area contributed by atoms with E-state index in [2.05, 4.69) is 258 Å². The Kier molecular flexibility index (Phi) is 31.3. The molecule has 2 aliphatic carbocycles. The number of hydrogen-bond donors (Lipinski definition) is 0. The number of allylic oxidation sites excluding steroid dienone is 8. The van der Waals surface area contributed by atoms with Crippen LogP contribution in [0.3, 0.4) is 0 Å². The number of fused-ring (bicyclic) bond motifs is 2. The zero-order valence-electron chi connectivity index (χ0n) is 45.3. The molecule has 0 fully saturated rings. The van der Waals surface area contributed by atoms with Crippen molar-refractivity contribution in [1.82, 2.24) is 0 Å². The zero-order chi connectivity index (χ0) is 48.1. The van der Waals surface area contributed by atoms with Crippen molar-refractivity contribution in [3.8, 4) is 22.3 Å². The van der Waals surface area contributed by atoms with E-state index in [9.17, 15) is 0 Å². The molecule has 0 spiro atoms. The molecule has 0 saturated carbocycles. The van der Waals surface area contributed by atoms with Crippen molar-refractivity contribution in [2.24, 2.45) is 11.8 Å². The minimum absolute atomic E-state index is 0. The smallest absolute Gasteiger partial charge is 1.00 e. The second-order valence-corrected chi connectivity index (χ2v) is 21.9. The molecule has 0 heterocycles. The van der Waals surface area contributed by atoms with Gasteiger partial charge in [-0.05, 0) is 33.1 Å². The number of rotatable bonds is 2. The van der Waals surface area contributed by atoms with E-state index in [-0.39, 0.29) is 88.1 Å². The standard InChI is InChI=1S/2C20H21.2C9H13.2C2H6Si.2ClH.2Zr/c2*1-14-12-16-6-5-7-18(19(16)13-14)15-8-10-17(11-9-15)20(2,3)4;2*1-6-5-7(2)9(4)8(6)3;2*1-3-2;;;;/h2*5-13H,1-4H3;2*6H,1-4H3;2*1-2H3;2*1H;;/q4*-1;;;;;2*+3/p-2. The Hall–Kier alpha value is -2.16. The summed E-state index contributed by atoms with van der Waals surface area (Å²) >= 11 is 0. The maximum Gasteiger partial charge on any atom is 3.00 e. The predicted molar refractivity (Wildman–Crippen MR) is 292 cm³/mol. The van der Waals surface area contributed by atoms with Crippen LogP contribution in [0.1, 0.15) is 119 Å². The van der Waals surface area contributed by atoms with Crippen molar-refractivity contribution < 1.29 is 77.2 Å². The van der Waals surface area contributed by atoms with Gasteiger partial charge in [0, 0.05) is 19.0 Å². The molecule has 0 N–H and O–H groups in total. The summed E-state index contributed by atoms with van der Waals surface area (Å²) in [5.41, 5.74) is 19.6. The van der Waals surface area contributed by atoms with Gasteiger partial charge in [0.1, 0.15) is 0 Å². The molecular weight excluding hydrogens is 1050 g/mol. The van der Waals surface area contributed by atoms with E-state index in [1.807, 2.05) is 0 Å². The summed E-state index contributed by atoms with van der Waals surface area (Å²) in [6.07, 6.45) is 6.72. The Balaban J connectivity index is 0. The second-order valence-electron chi connectivity index (χ2n) is 19.9. The van der Waals surface area contributed by atoms with Gasteiger partial charge in [-0.25, -0.2) is 11.1 Å². The van der Waals surface area contributed by atoms with Gasteiger partial charge >= 0.3 is 52.4 Å². The number of aryl methyl sites for hydroxylation is 2. The summed E-state index contributed by atoms with van der Waals surface area (Å²) in [5.74, 6) is 1.12. The molecule has 0 aliphatic heterocycles. The Morgan fingerprint density at radius 2 is 0.735 bits per heavy atom. The van der Waals surface area contributed by atoms with Crippen molar-refractivity contribution in [2.75, 3.05) is 0 Å². The third-order valence-electron chi connectivity index (χ3n) is 12.4. The summed E-state index contributed by atoms with van der Waals surface area (Å²) in [6.45, 7) is 43.8. The van der Waals surface area contributed by atoms with Crippen LogP contribution < -0.4 is 24.8 Å². The van der Waals surface area contributed by atoms with Gasteiger partial charge < -0.3 is 24.8 Å². The van der Waals surface area contributed by atoms with E-state index >= 15 is 0 Å². The fourth-order valence-corrected chi connectivity index (χ4v) is 7.90. The van der Waals surface area contributed by atoms with E-state index in [0.29, 0.717) is 11.8 Å². The van der Waals surface area contributed by atoms with Crippen LogP contribution in [0.4, 0.5) is 0 Å². The molecule has 8 rings (SSSR count). The monoisotopic (exact) mass is 1130 g/mol. The van der Waals surface area contributed by atoms with Gasteiger partial charge in [-0.2, -0.15) is 34.4 Å². The van der Waals surface area contributed by atoms with Crippen LogP contribution in [0.5, 0.6) is 0 Å². The van der Waals surface area contributed by atoms with E-state index in [1.165, 1.54) is 99.5 Å². The Morgan fingerprint density at radius 1 is 0.456 bits per heavy atom. The molecule has 2 unspecified atom stereocenters. The molecule has 6 aromatic rings. The third-order valence-corrected chi connectivity index (χ3v) is 12.4. The Labute approximate surface area is 472 Å². The average molecular weight is 1130 g/mol. The van der Waals surface area contributed by atoms with Crippen molar-refractivity contribution in [3.63, 3.8) is 0 Å². The van der Waals surface area contributed by atoms with Crippen molar-refractivity contribution >= 4 is 40.6 Å². The number of benzene rings is 4. The topological polar surface area (TPSA) is 0 Å². The molecule has 0 bridgehead atoms. The van der Waals surface area contributed by atoms with Crippen LogP contribution in [0.2, 0.25) is 26.2 Å².